The molecule has 0 fully saturated rings. The zero-order valence-corrected chi connectivity index (χ0v) is 9.73. The Morgan fingerprint density at radius 2 is 2.40 bits per heavy atom. The number of hydrogen-bond donors (Lipinski definition) is 1. The normalized spacial score (nSPS) is 10.8. The Labute approximate surface area is 96.3 Å². The van der Waals surface area contributed by atoms with Crippen molar-refractivity contribution in [1.82, 2.24) is 15.5 Å². The molecule has 2 rings (SSSR count). The van der Waals surface area contributed by atoms with Crippen LogP contribution in [0.1, 0.15) is 16.5 Å². The molecule has 0 saturated carbocycles. The molecule has 0 amide bonds. The molecule has 0 aliphatic heterocycles. The third kappa shape index (κ3) is 3.02. The standard InChI is InChI=1S/C9H10ClN3OS/c1-6-2-7(13-14-6)3-11-5-9-12-4-8(10)15-9/h2,4,11H,3,5H2,1H3. The average Bonchev–Trinajstić information content (AvgIpc) is 2.76. The highest BCUT2D eigenvalue weighted by atomic mass is 35.5. The highest BCUT2D eigenvalue weighted by molar-refractivity contribution is 7.15. The number of nitrogens with one attached hydrogen (secondary N) is 1. The van der Waals surface area contributed by atoms with Crippen molar-refractivity contribution in [2.24, 2.45) is 0 Å². The fourth-order valence-corrected chi connectivity index (χ4v) is 2.09. The van der Waals surface area contributed by atoms with Gasteiger partial charge in [0, 0.05) is 19.2 Å². The lowest BCUT2D eigenvalue weighted by atomic mass is 10.4. The molecular formula is C9H10ClN3OS. The van der Waals surface area contributed by atoms with Crippen molar-refractivity contribution < 1.29 is 4.52 Å². The molecule has 0 bridgehead atoms. The van der Waals surface area contributed by atoms with E-state index in [9.17, 15) is 0 Å². The Morgan fingerprint density at radius 3 is 3.00 bits per heavy atom. The minimum absolute atomic E-state index is 0.675. The summed E-state index contributed by atoms with van der Waals surface area (Å²) >= 11 is 7.24. The smallest absolute Gasteiger partial charge is 0.133 e. The molecular weight excluding hydrogens is 234 g/mol. The monoisotopic (exact) mass is 243 g/mol. The van der Waals surface area contributed by atoms with Crippen molar-refractivity contribution >= 4 is 22.9 Å². The summed E-state index contributed by atoms with van der Waals surface area (Å²) < 4.78 is 5.66. The van der Waals surface area contributed by atoms with Gasteiger partial charge in [0.1, 0.15) is 15.1 Å². The van der Waals surface area contributed by atoms with Gasteiger partial charge in [-0.05, 0) is 6.92 Å². The Balaban J connectivity index is 1.80. The van der Waals surface area contributed by atoms with Crippen LogP contribution < -0.4 is 5.32 Å². The van der Waals surface area contributed by atoms with Crippen LogP contribution in [0.5, 0.6) is 0 Å². The van der Waals surface area contributed by atoms with E-state index in [1.807, 2.05) is 13.0 Å². The van der Waals surface area contributed by atoms with Gasteiger partial charge in [-0.1, -0.05) is 16.8 Å². The predicted octanol–water partition coefficient (Wildman–Crippen LogP) is 2.38. The van der Waals surface area contributed by atoms with Crippen molar-refractivity contribution in [3.05, 3.63) is 33.1 Å². The number of halogens is 1. The lowest BCUT2D eigenvalue weighted by Gasteiger charge is -1.97. The summed E-state index contributed by atoms with van der Waals surface area (Å²) in [5, 5.41) is 8.06. The lowest BCUT2D eigenvalue weighted by molar-refractivity contribution is 0.388. The van der Waals surface area contributed by atoms with Gasteiger partial charge in [0.05, 0.1) is 11.9 Å². The van der Waals surface area contributed by atoms with Crippen LogP contribution in [-0.2, 0) is 13.1 Å². The molecule has 1 N–H and O–H groups in total. The molecule has 2 heterocycles. The van der Waals surface area contributed by atoms with Crippen LogP contribution >= 0.6 is 22.9 Å². The SMILES string of the molecule is Cc1cc(CNCc2ncc(Cl)s2)no1. The molecule has 80 valence electrons. The third-order valence-electron chi connectivity index (χ3n) is 1.78. The van der Waals surface area contributed by atoms with Crippen molar-refractivity contribution in [1.29, 1.82) is 0 Å². The average molecular weight is 244 g/mol. The molecule has 0 atom stereocenters. The van der Waals surface area contributed by atoms with Crippen molar-refractivity contribution in [3.8, 4) is 0 Å². The molecule has 15 heavy (non-hydrogen) atoms. The lowest BCUT2D eigenvalue weighted by Crippen LogP contribution is -2.12. The molecule has 0 aliphatic rings. The highest BCUT2D eigenvalue weighted by Crippen LogP contribution is 2.17. The van der Waals surface area contributed by atoms with E-state index in [1.54, 1.807) is 6.20 Å². The van der Waals surface area contributed by atoms with Crippen LogP contribution in [0.3, 0.4) is 0 Å². The molecule has 0 aliphatic carbocycles. The largest absolute Gasteiger partial charge is 0.361 e. The van der Waals surface area contributed by atoms with Gasteiger partial charge in [-0.25, -0.2) is 4.98 Å². The fraction of sp³-hybridized carbons (Fsp3) is 0.333. The minimum atomic E-state index is 0.675. The summed E-state index contributed by atoms with van der Waals surface area (Å²) in [7, 11) is 0. The molecule has 0 spiro atoms. The first-order valence-electron chi connectivity index (χ1n) is 4.47. The summed E-state index contributed by atoms with van der Waals surface area (Å²) in [5.41, 5.74) is 0.898. The Hall–Kier alpha value is -0.910. The van der Waals surface area contributed by atoms with Gasteiger partial charge in [-0.15, -0.1) is 11.3 Å². The molecule has 0 unspecified atom stereocenters. The number of thiazole rings is 1. The molecule has 2 aromatic rings. The zero-order chi connectivity index (χ0) is 10.7. The number of aromatic nitrogens is 2. The van der Waals surface area contributed by atoms with Gasteiger partial charge in [-0.2, -0.15) is 0 Å². The minimum Gasteiger partial charge on any atom is -0.361 e. The van der Waals surface area contributed by atoms with Gasteiger partial charge in [0.25, 0.3) is 0 Å². The number of hydrogen-bond acceptors (Lipinski definition) is 5. The maximum atomic E-state index is 5.76. The Bertz CT molecular complexity index is 400. The van der Waals surface area contributed by atoms with E-state index in [-0.39, 0.29) is 0 Å². The Morgan fingerprint density at radius 1 is 1.53 bits per heavy atom. The second-order valence-electron chi connectivity index (χ2n) is 3.09. The number of aryl methyl sites for hydroxylation is 1. The van der Waals surface area contributed by atoms with Crippen LogP contribution in [0.4, 0.5) is 0 Å². The maximum absolute atomic E-state index is 5.76. The van der Waals surface area contributed by atoms with E-state index in [1.165, 1.54) is 11.3 Å². The van der Waals surface area contributed by atoms with Gasteiger partial charge in [0.15, 0.2) is 0 Å². The molecule has 0 saturated heterocycles. The van der Waals surface area contributed by atoms with Gasteiger partial charge in [-0.3, -0.25) is 0 Å². The summed E-state index contributed by atoms with van der Waals surface area (Å²) in [6.45, 7) is 3.24. The second kappa shape index (κ2) is 4.74. The first-order chi connectivity index (χ1) is 7.24. The van der Waals surface area contributed by atoms with Gasteiger partial charge >= 0.3 is 0 Å². The first kappa shape index (κ1) is 10.6. The van der Waals surface area contributed by atoms with Crippen molar-refractivity contribution in [2.75, 3.05) is 0 Å². The summed E-state index contributed by atoms with van der Waals surface area (Å²) in [4.78, 5) is 4.13. The maximum Gasteiger partial charge on any atom is 0.133 e. The second-order valence-corrected chi connectivity index (χ2v) is 4.84. The topological polar surface area (TPSA) is 51.0 Å². The number of rotatable bonds is 4. The van der Waals surface area contributed by atoms with Crippen molar-refractivity contribution in [3.63, 3.8) is 0 Å². The molecule has 0 radical (unpaired) electrons. The third-order valence-corrected chi connectivity index (χ3v) is 2.90. The highest BCUT2D eigenvalue weighted by Gasteiger charge is 2.01. The van der Waals surface area contributed by atoms with Crippen LogP contribution in [0.25, 0.3) is 0 Å². The van der Waals surface area contributed by atoms with Gasteiger partial charge < -0.3 is 9.84 Å². The van der Waals surface area contributed by atoms with E-state index in [4.69, 9.17) is 16.1 Å². The molecule has 0 aromatic carbocycles. The Kier molecular flexibility index (Phi) is 3.35. The first-order valence-corrected chi connectivity index (χ1v) is 5.66. The molecule has 2 aromatic heterocycles. The van der Waals surface area contributed by atoms with Crippen molar-refractivity contribution in [2.45, 2.75) is 20.0 Å². The molecule has 4 nitrogen and oxygen atoms in total. The molecule has 6 heteroatoms. The summed E-state index contributed by atoms with van der Waals surface area (Å²) in [6, 6.07) is 1.90. The number of nitrogens with zero attached hydrogens (tertiary/aromatic N) is 2. The van der Waals surface area contributed by atoms with Crippen LogP contribution in [0.2, 0.25) is 4.34 Å². The quantitative estimate of drug-likeness (QED) is 0.896. The summed E-state index contributed by atoms with van der Waals surface area (Å²) in [5.74, 6) is 0.823. The fourth-order valence-electron chi connectivity index (χ4n) is 1.17. The van der Waals surface area contributed by atoms with Crippen LogP contribution in [0.15, 0.2) is 16.8 Å². The van der Waals surface area contributed by atoms with E-state index >= 15 is 0 Å². The van der Waals surface area contributed by atoms with Crippen LogP contribution in [0, 0.1) is 6.92 Å². The van der Waals surface area contributed by atoms with E-state index in [0.29, 0.717) is 17.4 Å². The van der Waals surface area contributed by atoms with Crippen LogP contribution in [-0.4, -0.2) is 10.1 Å². The zero-order valence-electron chi connectivity index (χ0n) is 8.16. The predicted molar refractivity (Wildman–Crippen MR) is 58.9 cm³/mol. The van der Waals surface area contributed by atoms with E-state index < -0.39 is 0 Å². The summed E-state index contributed by atoms with van der Waals surface area (Å²) in [6.07, 6.45) is 1.66. The van der Waals surface area contributed by atoms with E-state index in [2.05, 4.69) is 15.5 Å². The van der Waals surface area contributed by atoms with E-state index in [0.717, 1.165) is 16.5 Å². The van der Waals surface area contributed by atoms with Gasteiger partial charge in [0.2, 0.25) is 0 Å².